The molecule has 0 amide bonds. The number of hydrogen-bond donors (Lipinski definition) is 1. The number of aliphatic carboxylic acids is 1. The Kier molecular flexibility index (Phi) is 4.99. The number of ether oxygens (including phenoxy) is 1. The van der Waals surface area contributed by atoms with Gasteiger partial charge in [0.2, 0.25) is 0 Å². The Morgan fingerprint density at radius 2 is 2.20 bits per heavy atom. The van der Waals surface area contributed by atoms with E-state index in [1.807, 2.05) is 13.0 Å². The second kappa shape index (κ2) is 6.73. The first-order valence-corrected chi connectivity index (χ1v) is 7.46. The minimum absolute atomic E-state index is 0.0547. The van der Waals surface area contributed by atoms with Crippen molar-refractivity contribution in [2.24, 2.45) is 11.8 Å². The maximum atomic E-state index is 11.5. The minimum atomic E-state index is -0.689. The summed E-state index contributed by atoms with van der Waals surface area (Å²) in [6.07, 6.45) is 7.30. The van der Waals surface area contributed by atoms with Gasteiger partial charge in [0.25, 0.3) is 0 Å². The van der Waals surface area contributed by atoms with Crippen LogP contribution in [0.4, 0.5) is 0 Å². The van der Waals surface area contributed by atoms with Gasteiger partial charge in [0.1, 0.15) is 5.75 Å². The molecule has 1 aliphatic rings. The molecule has 3 unspecified atom stereocenters. The zero-order valence-electron chi connectivity index (χ0n) is 12.2. The van der Waals surface area contributed by atoms with Crippen molar-refractivity contribution >= 4 is 5.97 Å². The number of carbonyl (C=O) groups is 1. The van der Waals surface area contributed by atoms with Crippen LogP contribution in [-0.4, -0.2) is 22.7 Å². The molecule has 20 heavy (non-hydrogen) atoms. The molecule has 4 heteroatoms. The fraction of sp³-hybridized carbons (Fsp3) is 0.625. The highest BCUT2D eigenvalue weighted by atomic mass is 16.5. The highest BCUT2D eigenvalue weighted by Gasteiger charge is 2.35. The lowest BCUT2D eigenvalue weighted by molar-refractivity contribution is -0.143. The van der Waals surface area contributed by atoms with E-state index in [4.69, 9.17) is 4.74 Å². The Bertz CT molecular complexity index is 461. The molecule has 0 saturated heterocycles. The van der Waals surface area contributed by atoms with Crippen molar-refractivity contribution in [3.8, 4) is 5.75 Å². The van der Waals surface area contributed by atoms with Crippen LogP contribution in [0.15, 0.2) is 18.5 Å². The molecule has 0 radical (unpaired) electrons. The summed E-state index contributed by atoms with van der Waals surface area (Å²) < 4.78 is 5.48. The maximum absolute atomic E-state index is 11.5. The number of pyridine rings is 1. The standard InChI is InChI=1S/C16H23NO3/c1-3-11-5-6-14(16(18)19)15(7-11)12-8-13(20-4-2)10-17-9-12/h8-11,14-15H,3-7H2,1-2H3,(H,18,19). The predicted octanol–water partition coefficient (Wildman–Crippen LogP) is 3.47. The zero-order chi connectivity index (χ0) is 14.5. The van der Waals surface area contributed by atoms with E-state index in [1.165, 1.54) is 0 Å². The van der Waals surface area contributed by atoms with E-state index in [0.717, 1.165) is 37.0 Å². The van der Waals surface area contributed by atoms with Crippen LogP contribution in [0, 0.1) is 11.8 Å². The fourth-order valence-corrected chi connectivity index (χ4v) is 3.18. The molecule has 1 saturated carbocycles. The second-order valence-corrected chi connectivity index (χ2v) is 5.53. The second-order valence-electron chi connectivity index (χ2n) is 5.53. The third-order valence-corrected chi connectivity index (χ3v) is 4.33. The Labute approximate surface area is 120 Å². The summed E-state index contributed by atoms with van der Waals surface area (Å²) in [5.41, 5.74) is 1.00. The molecule has 4 nitrogen and oxygen atoms in total. The van der Waals surface area contributed by atoms with Gasteiger partial charge in [0.05, 0.1) is 18.7 Å². The molecule has 0 aliphatic heterocycles. The molecule has 2 rings (SSSR count). The maximum Gasteiger partial charge on any atom is 0.307 e. The van der Waals surface area contributed by atoms with Crippen LogP contribution in [0.2, 0.25) is 0 Å². The molecule has 1 fully saturated rings. The summed E-state index contributed by atoms with van der Waals surface area (Å²) in [4.78, 5) is 15.7. The molecule has 1 aromatic rings. The largest absolute Gasteiger partial charge is 0.492 e. The van der Waals surface area contributed by atoms with Crippen LogP contribution in [-0.2, 0) is 4.79 Å². The van der Waals surface area contributed by atoms with E-state index < -0.39 is 5.97 Å². The number of carboxylic acid groups (broad SMARTS) is 1. The number of aromatic nitrogens is 1. The van der Waals surface area contributed by atoms with E-state index in [0.29, 0.717) is 12.5 Å². The molecule has 1 aliphatic carbocycles. The van der Waals surface area contributed by atoms with Crippen molar-refractivity contribution in [1.29, 1.82) is 0 Å². The first-order chi connectivity index (χ1) is 9.65. The highest BCUT2D eigenvalue weighted by molar-refractivity contribution is 5.71. The third-order valence-electron chi connectivity index (χ3n) is 4.33. The Morgan fingerprint density at radius 3 is 2.85 bits per heavy atom. The first kappa shape index (κ1) is 14.8. The molecular formula is C16H23NO3. The van der Waals surface area contributed by atoms with Gasteiger partial charge in [0.15, 0.2) is 0 Å². The monoisotopic (exact) mass is 277 g/mol. The van der Waals surface area contributed by atoms with Crippen molar-refractivity contribution in [1.82, 2.24) is 4.98 Å². The molecule has 3 atom stereocenters. The van der Waals surface area contributed by atoms with Crippen molar-refractivity contribution in [3.05, 3.63) is 24.0 Å². The summed E-state index contributed by atoms with van der Waals surface area (Å²) in [7, 11) is 0. The van der Waals surface area contributed by atoms with Crippen LogP contribution in [0.1, 0.15) is 51.0 Å². The molecule has 1 heterocycles. The fourth-order valence-electron chi connectivity index (χ4n) is 3.18. The van der Waals surface area contributed by atoms with Gasteiger partial charge in [-0.25, -0.2) is 0 Å². The van der Waals surface area contributed by atoms with Crippen LogP contribution < -0.4 is 4.74 Å². The van der Waals surface area contributed by atoms with Crippen molar-refractivity contribution in [2.75, 3.05) is 6.61 Å². The molecule has 1 N–H and O–H groups in total. The molecular weight excluding hydrogens is 254 g/mol. The Morgan fingerprint density at radius 1 is 1.40 bits per heavy atom. The molecule has 110 valence electrons. The van der Waals surface area contributed by atoms with E-state index in [2.05, 4.69) is 11.9 Å². The van der Waals surface area contributed by atoms with E-state index in [9.17, 15) is 9.90 Å². The minimum Gasteiger partial charge on any atom is -0.492 e. The average Bonchev–Trinajstić information content (AvgIpc) is 2.47. The lowest BCUT2D eigenvalue weighted by atomic mass is 9.71. The smallest absolute Gasteiger partial charge is 0.307 e. The van der Waals surface area contributed by atoms with Crippen LogP contribution in [0.5, 0.6) is 5.75 Å². The van der Waals surface area contributed by atoms with E-state index >= 15 is 0 Å². The topological polar surface area (TPSA) is 59.4 Å². The number of rotatable bonds is 5. The van der Waals surface area contributed by atoms with Crippen LogP contribution in [0.25, 0.3) is 0 Å². The predicted molar refractivity (Wildman–Crippen MR) is 76.9 cm³/mol. The Hall–Kier alpha value is -1.58. The third kappa shape index (κ3) is 3.30. The van der Waals surface area contributed by atoms with Gasteiger partial charge in [-0.05, 0) is 49.7 Å². The number of carboxylic acids is 1. The first-order valence-electron chi connectivity index (χ1n) is 7.46. The quantitative estimate of drug-likeness (QED) is 0.895. The van der Waals surface area contributed by atoms with Crippen molar-refractivity contribution < 1.29 is 14.6 Å². The van der Waals surface area contributed by atoms with Gasteiger partial charge in [-0.2, -0.15) is 0 Å². The Balaban J connectivity index is 2.25. The van der Waals surface area contributed by atoms with Crippen LogP contribution >= 0.6 is 0 Å². The SMILES string of the molecule is CCOc1cncc(C2CC(CC)CCC2C(=O)O)c1. The summed E-state index contributed by atoms with van der Waals surface area (Å²) in [6, 6.07) is 1.95. The zero-order valence-corrected chi connectivity index (χ0v) is 12.2. The lowest BCUT2D eigenvalue weighted by Crippen LogP contribution is -2.29. The molecule has 0 aromatic carbocycles. The summed E-state index contributed by atoms with van der Waals surface area (Å²) in [5.74, 6) is 0.418. The van der Waals surface area contributed by atoms with Gasteiger partial charge in [-0.1, -0.05) is 13.3 Å². The highest BCUT2D eigenvalue weighted by Crippen LogP contribution is 2.42. The van der Waals surface area contributed by atoms with Crippen molar-refractivity contribution in [3.63, 3.8) is 0 Å². The van der Waals surface area contributed by atoms with Gasteiger partial charge >= 0.3 is 5.97 Å². The number of nitrogens with zero attached hydrogens (tertiary/aromatic N) is 1. The average molecular weight is 277 g/mol. The van der Waals surface area contributed by atoms with Gasteiger partial charge in [-0.15, -0.1) is 0 Å². The summed E-state index contributed by atoms with van der Waals surface area (Å²) in [6.45, 7) is 4.70. The van der Waals surface area contributed by atoms with Crippen molar-refractivity contribution in [2.45, 2.75) is 45.4 Å². The van der Waals surface area contributed by atoms with Crippen LogP contribution in [0.3, 0.4) is 0 Å². The summed E-state index contributed by atoms with van der Waals surface area (Å²) >= 11 is 0. The molecule has 0 spiro atoms. The normalized spacial score (nSPS) is 26.2. The number of hydrogen-bond acceptors (Lipinski definition) is 3. The molecule has 0 bridgehead atoms. The van der Waals surface area contributed by atoms with Gasteiger partial charge in [-0.3, -0.25) is 9.78 Å². The van der Waals surface area contributed by atoms with Gasteiger partial charge < -0.3 is 9.84 Å². The lowest BCUT2D eigenvalue weighted by Gasteiger charge is -2.33. The van der Waals surface area contributed by atoms with Gasteiger partial charge in [0, 0.05) is 6.20 Å². The molecule has 1 aromatic heterocycles. The van der Waals surface area contributed by atoms with E-state index in [1.54, 1.807) is 12.4 Å². The van der Waals surface area contributed by atoms with E-state index in [-0.39, 0.29) is 11.8 Å². The summed E-state index contributed by atoms with van der Waals surface area (Å²) in [5, 5.41) is 9.45.